The lowest BCUT2D eigenvalue weighted by molar-refractivity contribution is -0.139. The molecule has 0 aliphatic rings. The monoisotopic (exact) mass is 180 g/mol. The van der Waals surface area contributed by atoms with E-state index in [0.29, 0.717) is 0 Å². The number of nitrogens with one attached hydrogen (secondary N) is 1. The Hall–Kier alpha value is -1.20. The van der Waals surface area contributed by atoms with Crippen molar-refractivity contribution >= 4 is 0 Å². The molecular formula is C6H7F3N2O. The molecule has 0 aliphatic carbocycles. The van der Waals surface area contributed by atoms with Gasteiger partial charge in [0.15, 0.2) is 0 Å². The highest BCUT2D eigenvalue weighted by molar-refractivity contribution is 5.03. The van der Waals surface area contributed by atoms with Crippen LogP contribution in [0.1, 0.15) is 6.42 Å². The molecule has 0 unspecified atom stereocenters. The van der Waals surface area contributed by atoms with E-state index in [1.165, 1.54) is 12.3 Å². The summed E-state index contributed by atoms with van der Waals surface area (Å²) in [6, 6.07) is 1.45. The van der Waals surface area contributed by atoms with Gasteiger partial charge in [-0.3, -0.25) is 0 Å². The number of hydrogen-bond donors (Lipinski definition) is 1. The third-order valence-electron chi connectivity index (χ3n) is 1.12. The molecule has 1 aromatic heterocycles. The molecule has 0 fully saturated rings. The standard InChI is InChI=1S/C6H7F3N2O/c7-6(8,9)2-4-12-5-1-3-10-11-5/h1,3H,2,4H2,(H,10,11). The molecule has 0 amide bonds. The van der Waals surface area contributed by atoms with Gasteiger partial charge in [0.1, 0.15) is 0 Å². The first kappa shape index (κ1) is 8.89. The average Bonchev–Trinajstić information content (AvgIpc) is 2.36. The van der Waals surface area contributed by atoms with Crippen LogP contribution in [0.25, 0.3) is 0 Å². The zero-order valence-corrected chi connectivity index (χ0v) is 6.06. The maximum absolute atomic E-state index is 11.6. The first-order valence-electron chi connectivity index (χ1n) is 3.27. The molecule has 0 bridgehead atoms. The van der Waals surface area contributed by atoms with Crippen LogP contribution in [0.15, 0.2) is 12.3 Å². The van der Waals surface area contributed by atoms with Crippen LogP contribution in [0.4, 0.5) is 13.2 Å². The number of halogens is 3. The van der Waals surface area contributed by atoms with Gasteiger partial charge in [0.05, 0.1) is 19.2 Å². The van der Waals surface area contributed by atoms with Crippen LogP contribution in [0.3, 0.4) is 0 Å². The van der Waals surface area contributed by atoms with Gasteiger partial charge in [0.2, 0.25) is 5.88 Å². The third kappa shape index (κ3) is 3.27. The largest absolute Gasteiger partial charge is 0.478 e. The summed E-state index contributed by atoms with van der Waals surface area (Å²) in [6.45, 7) is -0.383. The maximum atomic E-state index is 11.6. The van der Waals surface area contributed by atoms with E-state index < -0.39 is 12.6 Å². The predicted molar refractivity (Wildman–Crippen MR) is 34.8 cm³/mol. The molecule has 0 saturated carbocycles. The first-order valence-corrected chi connectivity index (χ1v) is 3.27. The zero-order valence-electron chi connectivity index (χ0n) is 6.06. The Kier molecular flexibility index (Phi) is 2.57. The molecule has 1 aromatic rings. The molecule has 1 rings (SSSR count). The number of H-pyrrole nitrogens is 1. The molecule has 0 radical (unpaired) electrons. The van der Waals surface area contributed by atoms with Crippen molar-refractivity contribution < 1.29 is 17.9 Å². The first-order chi connectivity index (χ1) is 5.58. The fourth-order valence-corrected chi connectivity index (χ4v) is 0.600. The van der Waals surface area contributed by atoms with Crippen LogP contribution in [-0.2, 0) is 0 Å². The smallest absolute Gasteiger partial charge is 0.392 e. The Labute approximate surface area is 66.5 Å². The second-order valence-corrected chi connectivity index (χ2v) is 2.13. The van der Waals surface area contributed by atoms with Crippen molar-refractivity contribution in [3.05, 3.63) is 12.3 Å². The minimum absolute atomic E-state index is 0.249. The molecular weight excluding hydrogens is 173 g/mol. The van der Waals surface area contributed by atoms with Crippen molar-refractivity contribution in [3.8, 4) is 5.88 Å². The maximum Gasteiger partial charge on any atom is 0.392 e. The lowest BCUT2D eigenvalue weighted by atomic mass is 10.4. The highest BCUT2D eigenvalue weighted by atomic mass is 19.4. The van der Waals surface area contributed by atoms with E-state index in [2.05, 4.69) is 14.9 Å². The van der Waals surface area contributed by atoms with E-state index in [4.69, 9.17) is 0 Å². The Balaban J connectivity index is 2.20. The van der Waals surface area contributed by atoms with Crippen LogP contribution >= 0.6 is 0 Å². The van der Waals surface area contributed by atoms with E-state index in [-0.39, 0.29) is 12.5 Å². The van der Waals surface area contributed by atoms with E-state index in [9.17, 15) is 13.2 Å². The van der Waals surface area contributed by atoms with E-state index in [1.54, 1.807) is 0 Å². The molecule has 6 heteroatoms. The third-order valence-corrected chi connectivity index (χ3v) is 1.12. The number of aromatic amines is 1. The number of nitrogens with zero attached hydrogens (tertiary/aromatic N) is 1. The van der Waals surface area contributed by atoms with Crippen molar-refractivity contribution in [2.45, 2.75) is 12.6 Å². The fourth-order valence-electron chi connectivity index (χ4n) is 0.600. The SMILES string of the molecule is FC(F)(F)CCOc1ccn[nH]1. The minimum atomic E-state index is -4.17. The summed E-state index contributed by atoms with van der Waals surface area (Å²) >= 11 is 0. The number of rotatable bonds is 3. The molecule has 68 valence electrons. The van der Waals surface area contributed by atoms with Gasteiger partial charge in [-0.05, 0) is 0 Å². The van der Waals surface area contributed by atoms with Gasteiger partial charge in [-0.1, -0.05) is 0 Å². The average molecular weight is 180 g/mol. The Morgan fingerprint density at radius 3 is 2.75 bits per heavy atom. The van der Waals surface area contributed by atoms with Crippen molar-refractivity contribution in [2.24, 2.45) is 0 Å². The summed E-state index contributed by atoms with van der Waals surface area (Å²) < 4.78 is 39.4. The second kappa shape index (κ2) is 3.46. The van der Waals surface area contributed by atoms with Gasteiger partial charge in [-0.15, -0.1) is 0 Å². The van der Waals surface area contributed by atoms with Crippen LogP contribution < -0.4 is 4.74 Å². The minimum Gasteiger partial charge on any atom is -0.478 e. The molecule has 0 spiro atoms. The quantitative estimate of drug-likeness (QED) is 0.769. The zero-order chi connectivity index (χ0) is 9.03. The van der Waals surface area contributed by atoms with Crippen LogP contribution in [-0.4, -0.2) is 23.0 Å². The summed E-state index contributed by atoms with van der Waals surface area (Å²) in [5.41, 5.74) is 0. The van der Waals surface area contributed by atoms with Crippen LogP contribution in [0.2, 0.25) is 0 Å². The lowest BCUT2D eigenvalue weighted by Crippen LogP contribution is -2.13. The van der Waals surface area contributed by atoms with Gasteiger partial charge in [0, 0.05) is 6.07 Å². The Bertz CT molecular complexity index is 219. The van der Waals surface area contributed by atoms with Gasteiger partial charge in [-0.25, -0.2) is 5.10 Å². The summed E-state index contributed by atoms with van der Waals surface area (Å²) in [5.74, 6) is 0.249. The number of alkyl halides is 3. The topological polar surface area (TPSA) is 37.9 Å². The number of ether oxygens (including phenoxy) is 1. The summed E-state index contributed by atoms with van der Waals surface area (Å²) in [7, 11) is 0. The highest BCUT2D eigenvalue weighted by Gasteiger charge is 2.26. The Morgan fingerprint density at radius 2 is 2.25 bits per heavy atom. The molecule has 0 saturated heterocycles. The van der Waals surface area contributed by atoms with Crippen molar-refractivity contribution in [3.63, 3.8) is 0 Å². The Morgan fingerprint density at radius 1 is 1.50 bits per heavy atom. The van der Waals surface area contributed by atoms with Gasteiger partial charge in [-0.2, -0.15) is 18.3 Å². The number of hydrogen-bond acceptors (Lipinski definition) is 2. The summed E-state index contributed by atoms with van der Waals surface area (Å²) in [5, 5.41) is 5.89. The second-order valence-electron chi connectivity index (χ2n) is 2.13. The fraction of sp³-hybridized carbons (Fsp3) is 0.500. The van der Waals surface area contributed by atoms with E-state index in [0.717, 1.165) is 0 Å². The lowest BCUT2D eigenvalue weighted by Gasteiger charge is -2.05. The van der Waals surface area contributed by atoms with Gasteiger partial charge >= 0.3 is 6.18 Å². The van der Waals surface area contributed by atoms with Gasteiger partial charge in [0.25, 0.3) is 0 Å². The summed E-state index contributed by atoms with van der Waals surface area (Å²) in [6.07, 6.45) is -3.71. The molecule has 0 aliphatic heterocycles. The van der Waals surface area contributed by atoms with Crippen LogP contribution in [0, 0.1) is 0 Å². The number of aromatic nitrogens is 2. The van der Waals surface area contributed by atoms with Crippen molar-refractivity contribution in [2.75, 3.05) is 6.61 Å². The normalized spacial score (nSPS) is 11.6. The molecule has 0 atom stereocenters. The van der Waals surface area contributed by atoms with Gasteiger partial charge < -0.3 is 4.74 Å². The molecule has 1 N–H and O–H groups in total. The predicted octanol–water partition coefficient (Wildman–Crippen LogP) is 1.74. The van der Waals surface area contributed by atoms with E-state index in [1.807, 2.05) is 0 Å². The molecule has 3 nitrogen and oxygen atoms in total. The van der Waals surface area contributed by atoms with E-state index >= 15 is 0 Å². The van der Waals surface area contributed by atoms with Crippen LogP contribution in [0.5, 0.6) is 5.88 Å². The van der Waals surface area contributed by atoms with Crippen molar-refractivity contribution in [1.29, 1.82) is 0 Å². The highest BCUT2D eigenvalue weighted by Crippen LogP contribution is 2.19. The van der Waals surface area contributed by atoms with Crippen molar-refractivity contribution in [1.82, 2.24) is 10.2 Å². The molecule has 12 heavy (non-hydrogen) atoms. The molecule has 1 heterocycles. The summed E-state index contributed by atoms with van der Waals surface area (Å²) in [4.78, 5) is 0. The molecule has 0 aromatic carbocycles.